The predicted molar refractivity (Wildman–Crippen MR) is 89.3 cm³/mol. The van der Waals surface area contributed by atoms with Crippen molar-refractivity contribution < 1.29 is 19.4 Å². The summed E-state index contributed by atoms with van der Waals surface area (Å²) in [6.45, 7) is 7.66. The first kappa shape index (κ1) is 18.2. The number of nitrogens with zero attached hydrogens (tertiary/aromatic N) is 1. The van der Waals surface area contributed by atoms with Crippen LogP contribution >= 0.6 is 0 Å². The SMILES string of the molecule is CCOC1(OCC)CCN([C@@]2(CC)C=CC=CC2)[C@H](C(=O)O)C1. The average Bonchev–Trinajstić information content (AvgIpc) is 2.56. The highest BCUT2D eigenvalue weighted by atomic mass is 16.7. The van der Waals surface area contributed by atoms with E-state index in [0.717, 1.165) is 12.8 Å². The van der Waals surface area contributed by atoms with Crippen molar-refractivity contribution in [2.75, 3.05) is 19.8 Å². The summed E-state index contributed by atoms with van der Waals surface area (Å²) in [6.07, 6.45) is 11.1. The van der Waals surface area contributed by atoms with E-state index in [4.69, 9.17) is 9.47 Å². The Morgan fingerprint density at radius 3 is 2.43 bits per heavy atom. The number of piperidine rings is 1. The number of allylic oxidation sites excluding steroid dienone is 2. The number of hydrogen-bond acceptors (Lipinski definition) is 4. The fourth-order valence-electron chi connectivity index (χ4n) is 3.87. The van der Waals surface area contributed by atoms with E-state index >= 15 is 0 Å². The quantitative estimate of drug-likeness (QED) is 0.730. The third kappa shape index (κ3) is 3.67. The largest absolute Gasteiger partial charge is 0.480 e. The van der Waals surface area contributed by atoms with Gasteiger partial charge in [-0.2, -0.15) is 0 Å². The van der Waals surface area contributed by atoms with Gasteiger partial charge in [0.2, 0.25) is 0 Å². The number of aliphatic carboxylic acids is 1. The van der Waals surface area contributed by atoms with Crippen LogP contribution in [-0.4, -0.2) is 53.1 Å². The van der Waals surface area contributed by atoms with Crippen molar-refractivity contribution in [1.29, 1.82) is 0 Å². The number of ether oxygens (including phenoxy) is 2. The smallest absolute Gasteiger partial charge is 0.321 e. The number of hydrogen-bond donors (Lipinski definition) is 1. The van der Waals surface area contributed by atoms with E-state index in [9.17, 15) is 9.90 Å². The second-order valence-corrected chi connectivity index (χ2v) is 6.23. The Kier molecular flexibility index (Phi) is 6.00. The zero-order valence-electron chi connectivity index (χ0n) is 14.5. The highest BCUT2D eigenvalue weighted by Crippen LogP contribution is 2.39. The molecule has 0 aromatic carbocycles. The summed E-state index contributed by atoms with van der Waals surface area (Å²) in [5.41, 5.74) is -0.220. The molecule has 0 aromatic heterocycles. The molecule has 0 saturated carbocycles. The zero-order chi connectivity index (χ0) is 16.9. The minimum absolute atomic E-state index is 0.220. The summed E-state index contributed by atoms with van der Waals surface area (Å²) in [6, 6.07) is -0.599. The Hall–Kier alpha value is -1.17. The third-order valence-electron chi connectivity index (χ3n) is 5.02. The first-order valence-electron chi connectivity index (χ1n) is 8.64. The summed E-state index contributed by atoms with van der Waals surface area (Å²) in [4.78, 5) is 14.1. The van der Waals surface area contributed by atoms with Crippen molar-refractivity contribution >= 4 is 5.97 Å². The second kappa shape index (κ2) is 7.60. The van der Waals surface area contributed by atoms with Crippen molar-refractivity contribution in [1.82, 2.24) is 4.90 Å². The monoisotopic (exact) mass is 323 g/mol. The van der Waals surface area contributed by atoms with E-state index in [2.05, 4.69) is 24.0 Å². The van der Waals surface area contributed by atoms with Gasteiger partial charge in [-0.1, -0.05) is 31.2 Å². The lowest BCUT2D eigenvalue weighted by Crippen LogP contribution is -2.62. The molecule has 0 amide bonds. The normalized spacial score (nSPS) is 30.5. The lowest BCUT2D eigenvalue weighted by atomic mass is 9.81. The molecule has 0 aromatic rings. The van der Waals surface area contributed by atoms with E-state index < -0.39 is 17.8 Å². The van der Waals surface area contributed by atoms with Crippen LogP contribution in [0.15, 0.2) is 24.3 Å². The molecule has 0 radical (unpaired) electrons. The maximum absolute atomic E-state index is 12.0. The van der Waals surface area contributed by atoms with Gasteiger partial charge in [0.15, 0.2) is 5.79 Å². The Labute approximate surface area is 138 Å². The Bertz CT molecular complexity index is 468. The van der Waals surface area contributed by atoms with E-state index in [0.29, 0.717) is 32.6 Å². The van der Waals surface area contributed by atoms with E-state index in [1.807, 2.05) is 26.0 Å². The van der Waals surface area contributed by atoms with Gasteiger partial charge in [-0.15, -0.1) is 0 Å². The molecule has 1 aliphatic heterocycles. The summed E-state index contributed by atoms with van der Waals surface area (Å²) >= 11 is 0. The Morgan fingerprint density at radius 1 is 1.26 bits per heavy atom. The van der Waals surface area contributed by atoms with Gasteiger partial charge in [0, 0.05) is 38.1 Å². The van der Waals surface area contributed by atoms with Crippen LogP contribution in [0.2, 0.25) is 0 Å². The second-order valence-electron chi connectivity index (χ2n) is 6.23. The lowest BCUT2D eigenvalue weighted by molar-refractivity contribution is -0.265. The van der Waals surface area contributed by atoms with Crippen LogP contribution < -0.4 is 0 Å². The number of carbonyl (C=O) groups is 1. The molecule has 1 saturated heterocycles. The van der Waals surface area contributed by atoms with Gasteiger partial charge >= 0.3 is 5.97 Å². The molecule has 1 aliphatic carbocycles. The molecule has 5 heteroatoms. The first-order chi connectivity index (χ1) is 11.0. The number of carboxylic acid groups (broad SMARTS) is 1. The van der Waals surface area contributed by atoms with Crippen molar-refractivity contribution in [3.63, 3.8) is 0 Å². The summed E-state index contributed by atoms with van der Waals surface area (Å²) in [5.74, 6) is -1.57. The van der Waals surface area contributed by atoms with Crippen molar-refractivity contribution in [3.8, 4) is 0 Å². The highest BCUT2D eigenvalue weighted by Gasteiger charge is 2.49. The molecular weight excluding hydrogens is 294 g/mol. The van der Waals surface area contributed by atoms with E-state index in [1.54, 1.807) is 0 Å². The van der Waals surface area contributed by atoms with Crippen molar-refractivity contribution in [3.05, 3.63) is 24.3 Å². The molecule has 0 unspecified atom stereocenters. The van der Waals surface area contributed by atoms with Gasteiger partial charge in [0.1, 0.15) is 6.04 Å². The molecule has 5 nitrogen and oxygen atoms in total. The van der Waals surface area contributed by atoms with Crippen LogP contribution in [-0.2, 0) is 14.3 Å². The Morgan fingerprint density at radius 2 is 1.96 bits per heavy atom. The molecule has 1 heterocycles. The van der Waals surface area contributed by atoms with Crippen molar-refractivity contribution in [2.24, 2.45) is 0 Å². The lowest BCUT2D eigenvalue weighted by Gasteiger charge is -2.51. The van der Waals surface area contributed by atoms with Crippen LogP contribution in [0.3, 0.4) is 0 Å². The molecule has 2 atom stereocenters. The summed E-state index contributed by atoms with van der Waals surface area (Å²) in [7, 11) is 0. The zero-order valence-corrected chi connectivity index (χ0v) is 14.5. The average molecular weight is 323 g/mol. The minimum atomic E-state index is -0.802. The number of likely N-dealkylation sites (tertiary alicyclic amines) is 1. The maximum atomic E-state index is 12.0. The molecule has 1 fully saturated rings. The molecule has 0 bridgehead atoms. The third-order valence-corrected chi connectivity index (χ3v) is 5.02. The van der Waals surface area contributed by atoms with Gasteiger partial charge in [0.25, 0.3) is 0 Å². The van der Waals surface area contributed by atoms with Gasteiger partial charge in [0.05, 0.1) is 0 Å². The summed E-state index contributed by atoms with van der Waals surface area (Å²) < 4.78 is 11.7. The predicted octanol–water partition coefficient (Wildman–Crippen LogP) is 2.97. The van der Waals surface area contributed by atoms with Gasteiger partial charge in [-0.25, -0.2) is 0 Å². The van der Waals surface area contributed by atoms with Crippen LogP contribution in [0.5, 0.6) is 0 Å². The molecule has 0 spiro atoms. The van der Waals surface area contributed by atoms with E-state index in [-0.39, 0.29) is 5.54 Å². The molecule has 2 aliphatic rings. The molecular formula is C18H29NO4. The summed E-state index contributed by atoms with van der Waals surface area (Å²) in [5, 5.41) is 9.82. The molecule has 1 N–H and O–H groups in total. The van der Waals surface area contributed by atoms with Gasteiger partial charge in [-0.3, -0.25) is 9.69 Å². The first-order valence-corrected chi connectivity index (χ1v) is 8.64. The highest BCUT2D eigenvalue weighted by molar-refractivity contribution is 5.74. The maximum Gasteiger partial charge on any atom is 0.321 e. The van der Waals surface area contributed by atoms with E-state index in [1.165, 1.54) is 0 Å². The van der Waals surface area contributed by atoms with Crippen LogP contribution in [0, 0.1) is 0 Å². The fourth-order valence-corrected chi connectivity index (χ4v) is 3.87. The standard InChI is InChI=1S/C18H29NO4/c1-4-17(10-8-7-9-11-17)19-13-12-18(22-5-2,23-6-3)14-15(19)16(20)21/h7-10,15H,4-6,11-14H2,1-3H3,(H,20,21)/t15-,17-/m0/s1. The Balaban J connectivity index is 2.27. The van der Waals surface area contributed by atoms with Crippen LogP contribution in [0.1, 0.15) is 46.5 Å². The molecule has 23 heavy (non-hydrogen) atoms. The molecule has 130 valence electrons. The topological polar surface area (TPSA) is 59.0 Å². The van der Waals surface area contributed by atoms with Crippen LogP contribution in [0.4, 0.5) is 0 Å². The van der Waals surface area contributed by atoms with Gasteiger partial charge in [-0.05, 0) is 26.7 Å². The number of carboxylic acids is 1. The van der Waals surface area contributed by atoms with Crippen molar-refractivity contribution in [2.45, 2.75) is 63.8 Å². The molecule has 2 rings (SSSR count). The fraction of sp³-hybridized carbons (Fsp3) is 0.722. The number of rotatable bonds is 7. The van der Waals surface area contributed by atoms with Gasteiger partial charge < -0.3 is 14.6 Å². The van der Waals surface area contributed by atoms with Crippen LogP contribution in [0.25, 0.3) is 0 Å². The minimum Gasteiger partial charge on any atom is -0.480 e.